The molecule has 1 aromatic heterocycles. The molecule has 82 valence electrons. The summed E-state index contributed by atoms with van der Waals surface area (Å²) in [5.74, 6) is -0.568. The fraction of sp³-hybridized carbons (Fsp3) is 0. The average Bonchev–Trinajstić information content (AvgIpc) is 2.61. The van der Waals surface area contributed by atoms with Crippen molar-refractivity contribution < 1.29 is 19.5 Å². The van der Waals surface area contributed by atoms with Crippen molar-refractivity contribution in [2.45, 2.75) is 0 Å². The number of rotatable bonds is 3. The molecule has 2 rings (SSSR count). The number of carbonyl (C=O) groups is 1. The van der Waals surface area contributed by atoms with E-state index in [2.05, 4.69) is 9.97 Å². The Morgan fingerprint density at radius 2 is 2.25 bits per heavy atom. The lowest BCUT2D eigenvalue weighted by Crippen LogP contribution is -2.20. The molecule has 0 atom stereocenters. The number of primary amides is 1. The van der Waals surface area contributed by atoms with Gasteiger partial charge in [0.2, 0.25) is 0 Å². The zero-order valence-electron chi connectivity index (χ0n) is 8.04. The SMILES string of the molecule is NC(=O)c1nc2c(OB(O)O)cccc2[nH]1. The van der Waals surface area contributed by atoms with Gasteiger partial charge in [0.1, 0.15) is 11.3 Å². The van der Waals surface area contributed by atoms with Gasteiger partial charge >= 0.3 is 7.32 Å². The third-order valence-corrected chi connectivity index (χ3v) is 1.94. The highest BCUT2D eigenvalue weighted by atomic mass is 16.6. The Hall–Kier alpha value is -2.06. The number of imidazole rings is 1. The molecule has 7 nitrogen and oxygen atoms in total. The predicted octanol–water partition coefficient (Wildman–Crippen LogP) is -0.990. The van der Waals surface area contributed by atoms with Crippen molar-refractivity contribution in [1.82, 2.24) is 9.97 Å². The first kappa shape index (κ1) is 10.5. The molecule has 0 bridgehead atoms. The summed E-state index contributed by atoms with van der Waals surface area (Å²) in [4.78, 5) is 17.5. The second-order valence-corrected chi connectivity index (χ2v) is 3.05. The maximum absolute atomic E-state index is 10.9. The molecule has 0 aliphatic carbocycles. The van der Waals surface area contributed by atoms with E-state index in [0.717, 1.165) is 0 Å². The van der Waals surface area contributed by atoms with E-state index < -0.39 is 13.2 Å². The van der Waals surface area contributed by atoms with Crippen LogP contribution in [0.1, 0.15) is 10.6 Å². The molecule has 0 radical (unpaired) electrons. The van der Waals surface area contributed by atoms with Crippen LogP contribution in [0.15, 0.2) is 18.2 Å². The van der Waals surface area contributed by atoms with Crippen molar-refractivity contribution in [3.63, 3.8) is 0 Å². The molecule has 0 unspecified atom stereocenters. The summed E-state index contributed by atoms with van der Waals surface area (Å²) in [6.07, 6.45) is 0. The quantitative estimate of drug-likeness (QED) is 0.495. The van der Waals surface area contributed by atoms with Crippen LogP contribution in [-0.2, 0) is 0 Å². The summed E-state index contributed by atoms with van der Waals surface area (Å²) < 4.78 is 4.70. The van der Waals surface area contributed by atoms with Crippen LogP contribution in [0.25, 0.3) is 11.0 Å². The van der Waals surface area contributed by atoms with Crippen molar-refractivity contribution in [2.24, 2.45) is 5.73 Å². The van der Waals surface area contributed by atoms with Crippen molar-refractivity contribution in [2.75, 3.05) is 0 Å². The minimum Gasteiger partial charge on any atom is -0.510 e. The van der Waals surface area contributed by atoms with Gasteiger partial charge in [-0.25, -0.2) is 4.98 Å². The Labute approximate surface area is 90.0 Å². The molecular weight excluding hydrogens is 213 g/mol. The summed E-state index contributed by atoms with van der Waals surface area (Å²) in [5.41, 5.74) is 5.89. The second kappa shape index (κ2) is 3.84. The summed E-state index contributed by atoms with van der Waals surface area (Å²) in [7, 11) is -1.95. The van der Waals surface area contributed by atoms with E-state index in [9.17, 15) is 4.79 Å². The van der Waals surface area contributed by atoms with Gasteiger partial charge in [0.25, 0.3) is 5.91 Å². The van der Waals surface area contributed by atoms with Gasteiger partial charge in [0, 0.05) is 0 Å². The molecule has 1 aromatic carbocycles. The van der Waals surface area contributed by atoms with Crippen molar-refractivity contribution in [1.29, 1.82) is 0 Å². The first-order chi connectivity index (χ1) is 7.58. The van der Waals surface area contributed by atoms with Gasteiger partial charge in [-0.2, -0.15) is 0 Å². The zero-order chi connectivity index (χ0) is 11.7. The van der Waals surface area contributed by atoms with E-state index in [1.807, 2.05) is 0 Å². The number of hydrogen-bond acceptors (Lipinski definition) is 5. The van der Waals surface area contributed by atoms with Crippen molar-refractivity contribution in [3.05, 3.63) is 24.0 Å². The normalized spacial score (nSPS) is 10.4. The number of para-hydroxylation sites is 1. The van der Waals surface area contributed by atoms with Crippen molar-refractivity contribution in [3.8, 4) is 5.75 Å². The maximum atomic E-state index is 10.9. The van der Waals surface area contributed by atoms with Crippen LogP contribution in [0.2, 0.25) is 0 Å². The highest BCUT2D eigenvalue weighted by Crippen LogP contribution is 2.23. The van der Waals surface area contributed by atoms with Crippen LogP contribution >= 0.6 is 0 Å². The van der Waals surface area contributed by atoms with Gasteiger partial charge in [-0.3, -0.25) is 4.79 Å². The van der Waals surface area contributed by atoms with Crippen LogP contribution in [0.5, 0.6) is 5.75 Å². The fourth-order valence-electron chi connectivity index (χ4n) is 1.33. The molecular formula is C8H8BN3O4. The number of aromatic nitrogens is 2. The highest BCUT2D eigenvalue weighted by Gasteiger charge is 2.16. The highest BCUT2D eigenvalue weighted by molar-refractivity contribution is 6.34. The number of carbonyl (C=O) groups excluding carboxylic acids is 1. The average molecular weight is 221 g/mol. The number of nitrogens with one attached hydrogen (secondary N) is 1. The molecule has 1 amide bonds. The van der Waals surface area contributed by atoms with Gasteiger partial charge in [0.05, 0.1) is 5.52 Å². The number of H-pyrrole nitrogens is 1. The zero-order valence-corrected chi connectivity index (χ0v) is 8.04. The fourth-order valence-corrected chi connectivity index (χ4v) is 1.33. The first-order valence-corrected chi connectivity index (χ1v) is 4.39. The van der Waals surface area contributed by atoms with Crippen LogP contribution in [0.3, 0.4) is 0 Å². The van der Waals surface area contributed by atoms with Gasteiger partial charge in [-0.15, -0.1) is 0 Å². The molecule has 0 aliphatic heterocycles. The van der Waals surface area contributed by atoms with Gasteiger partial charge in [0.15, 0.2) is 5.82 Å². The minimum atomic E-state index is -1.95. The Balaban J connectivity index is 2.54. The molecule has 0 fully saturated rings. The largest absolute Gasteiger partial charge is 0.707 e. The van der Waals surface area contributed by atoms with Crippen LogP contribution in [0.4, 0.5) is 0 Å². The second-order valence-electron chi connectivity index (χ2n) is 3.05. The lowest BCUT2D eigenvalue weighted by atomic mass is 10.2. The molecule has 2 aromatic rings. The lowest BCUT2D eigenvalue weighted by molar-refractivity contribution is 0.0991. The standard InChI is InChI=1S/C8H8BN3O4/c10-7(13)8-11-4-2-1-3-5(6(4)12-8)16-9(14)15/h1-3,14-15H,(H2,10,13)(H,11,12). The van der Waals surface area contributed by atoms with Crippen LogP contribution in [-0.4, -0.2) is 33.2 Å². The van der Waals surface area contributed by atoms with Gasteiger partial charge in [-0.1, -0.05) is 6.07 Å². The monoisotopic (exact) mass is 221 g/mol. The Morgan fingerprint density at radius 1 is 1.50 bits per heavy atom. The summed E-state index contributed by atoms with van der Waals surface area (Å²) in [5, 5.41) is 17.4. The Bertz CT molecular complexity index is 539. The van der Waals surface area contributed by atoms with E-state index in [4.69, 9.17) is 20.4 Å². The first-order valence-electron chi connectivity index (χ1n) is 4.39. The van der Waals surface area contributed by atoms with E-state index in [0.29, 0.717) is 11.0 Å². The number of fused-ring (bicyclic) bond motifs is 1. The minimum absolute atomic E-state index is 0.0153. The number of aromatic amines is 1. The molecule has 8 heteroatoms. The summed E-state index contributed by atoms with van der Waals surface area (Å²) in [6.45, 7) is 0. The number of amides is 1. The van der Waals surface area contributed by atoms with Gasteiger partial charge in [-0.05, 0) is 12.1 Å². The summed E-state index contributed by atoms with van der Waals surface area (Å²) >= 11 is 0. The third kappa shape index (κ3) is 1.83. The molecule has 0 saturated heterocycles. The summed E-state index contributed by atoms with van der Waals surface area (Å²) in [6, 6.07) is 4.77. The molecule has 5 N–H and O–H groups in total. The predicted molar refractivity (Wildman–Crippen MR) is 55.4 cm³/mol. The van der Waals surface area contributed by atoms with E-state index in [-0.39, 0.29) is 11.6 Å². The number of hydrogen-bond donors (Lipinski definition) is 4. The molecule has 0 spiro atoms. The molecule has 1 heterocycles. The van der Waals surface area contributed by atoms with E-state index in [1.165, 1.54) is 6.07 Å². The number of nitrogens with zero attached hydrogens (tertiary/aromatic N) is 1. The van der Waals surface area contributed by atoms with E-state index >= 15 is 0 Å². The Morgan fingerprint density at radius 3 is 2.88 bits per heavy atom. The van der Waals surface area contributed by atoms with Crippen LogP contribution < -0.4 is 10.4 Å². The third-order valence-electron chi connectivity index (χ3n) is 1.94. The maximum Gasteiger partial charge on any atom is 0.707 e. The molecule has 16 heavy (non-hydrogen) atoms. The number of nitrogens with two attached hydrogens (primary N) is 1. The number of benzene rings is 1. The van der Waals surface area contributed by atoms with Gasteiger partial charge < -0.3 is 25.4 Å². The van der Waals surface area contributed by atoms with E-state index in [1.54, 1.807) is 12.1 Å². The molecule has 0 aliphatic rings. The smallest absolute Gasteiger partial charge is 0.510 e. The molecule has 0 saturated carbocycles. The lowest BCUT2D eigenvalue weighted by Gasteiger charge is -2.03. The van der Waals surface area contributed by atoms with Crippen LogP contribution in [0, 0.1) is 0 Å². The van der Waals surface area contributed by atoms with Crippen molar-refractivity contribution >= 4 is 24.3 Å². The topological polar surface area (TPSA) is 121 Å². The Kier molecular flexibility index (Phi) is 2.51.